The van der Waals surface area contributed by atoms with Gasteiger partial charge < -0.3 is 19.7 Å². The molecule has 0 saturated heterocycles. The number of rotatable bonds is 12. The van der Waals surface area contributed by atoms with Crippen molar-refractivity contribution in [2.75, 3.05) is 38.4 Å². The van der Waals surface area contributed by atoms with E-state index in [9.17, 15) is 18.0 Å². The predicted molar refractivity (Wildman–Crippen MR) is 157 cm³/mol. The van der Waals surface area contributed by atoms with Crippen molar-refractivity contribution in [3.8, 4) is 11.5 Å². The molecule has 3 aromatic rings. The van der Waals surface area contributed by atoms with Crippen LogP contribution < -0.4 is 19.1 Å². The number of methoxy groups -OCH3 is 2. The van der Waals surface area contributed by atoms with Crippen molar-refractivity contribution in [1.29, 1.82) is 0 Å². The summed E-state index contributed by atoms with van der Waals surface area (Å²) >= 11 is 12.9. The molecule has 0 bridgehead atoms. The van der Waals surface area contributed by atoms with Crippen LogP contribution in [0, 0.1) is 0 Å². The lowest BCUT2D eigenvalue weighted by Gasteiger charge is -2.33. The van der Waals surface area contributed by atoms with E-state index >= 15 is 0 Å². The molecular weight excluding hydrogens is 577 g/mol. The van der Waals surface area contributed by atoms with Gasteiger partial charge in [0.1, 0.15) is 24.1 Å². The van der Waals surface area contributed by atoms with Gasteiger partial charge in [-0.15, -0.1) is 0 Å². The fourth-order valence-electron chi connectivity index (χ4n) is 4.16. The Labute approximate surface area is 244 Å². The smallest absolute Gasteiger partial charge is 0.244 e. The first-order valence-electron chi connectivity index (χ1n) is 12.2. The van der Waals surface area contributed by atoms with E-state index in [1.54, 1.807) is 30.3 Å². The lowest BCUT2D eigenvalue weighted by Crippen LogP contribution is -2.53. The second-order valence-electron chi connectivity index (χ2n) is 8.85. The number of amides is 2. The van der Waals surface area contributed by atoms with Gasteiger partial charge in [-0.05, 0) is 29.8 Å². The zero-order valence-corrected chi connectivity index (χ0v) is 24.9. The molecule has 9 nitrogen and oxygen atoms in total. The fourth-order valence-corrected chi connectivity index (χ4v) is 5.52. The molecule has 0 aliphatic heterocycles. The van der Waals surface area contributed by atoms with Crippen LogP contribution in [0.1, 0.15) is 11.1 Å². The topological polar surface area (TPSA) is 105 Å². The molecule has 0 fully saturated rings. The van der Waals surface area contributed by atoms with Crippen molar-refractivity contribution < 1.29 is 27.5 Å². The van der Waals surface area contributed by atoms with Gasteiger partial charge in [0.05, 0.1) is 26.2 Å². The Balaban J connectivity index is 2.12. The van der Waals surface area contributed by atoms with Gasteiger partial charge in [0.15, 0.2) is 0 Å². The van der Waals surface area contributed by atoms with Gasteiger partial charge in [-0.3, -0.25) is 13.9 Å². The molecule has 0 spiro atoms. The van der Waals surface area contributed by atoms with Crippen LogP contribution in [0.4, 0.5) is 5.69 Å². The Morgan fingerprint density at radius 2 is 1.60 bits per heavy atom. The fraction of sp³-hybridized carbons (Fsp3) is 0.286. The Morgan fingerprint density at radius 1 is 0.950 bits per heavy atom. The van der Waals surface area contributed by atoms with Gasteiger partial charge in [-0.1, -0.05) is 59.6 Å². The number of anilines is 1. The first-order valence-corrected chi connectivity index (χ1v) is 14.8. The molecule has 40 heavy (non-hydrogen) atoms. The number of benzene rings is 3. The third kappa shape index (κ3) is 7.59. The molecule has 12 heteroatoms. The molecule has 0 heterocycles. The Morgan fingerprint density at radius 3 is 2.15 bits per heavy atom. The highest BCUT2D eigenvalue weighted by atomic mass is 35.5. The number of carbonyl (C=O) groups excluding carboxylic acids is 2. The number of ether oxygens (including phenoxy) is 2. The van der Waals surface area contributed by atoms with E-state index in [0.717, 1.165) is 16.1 Å². The van der Waals surface area contributed by atoms with Crippen LogP contribution in [0.15, 0.2) is 66.7 Å². The number of carbonyl (C=O) groups is 2. The summed E-state index contributed by atoms with van der Waals surface area (Å²) in [7, 11) is 0.290. The molecule has 1 N–H and O–H groups in total. The molecule has 3 aromatic carbocycles. The van der Waals surface area contributed by atoms with Crippen molar-refractivity contribution in [2.24, 2.45) is 0 Å². The largest absolute Gasteiger partial charge is 0.497 e. The van der Waals surface area contributed by atoms with Gasteiger partial charge >= 0.3 is 0 Å². The second-order valence-corrected chi connectivity index (χ2v) is 11.6. The van der Waals surface area contributed by atoms with Crippen molar-refractivity contribution in [1.82, 2.24) is 10.2 Å². The number of nitrogens with zero attached hydrogens (tertiary/aromatic N) is 2. The lowest BCUT2D eigenvalue weighted by atomic mass is 10.0. The highest BCUT2D eigenvalue weighted by Crippen LogP contribution is 2.34. The van der Waals surface area contributed by atoms with E-state index in [4.69, 9.17) is 32.7 Å². The number of hydrogen-bond donors (Lipinski definition) is 1. The molecule has 0 radical (unpaired) electrons. The maximum atomic E-state index is 14.1. The van der Waals surface area contributed by atoms with Crippen molar-refractivity contribution in [3.05, 3.63) is 87.9 Å². The minimum Gasteiger partial charge on any atom is -0.497 e. The molecule has 0 aromatic heterocycles. The predicted octanol–water partition coefficient (Wildman–Crippen LogP) is 4.16. The second kappa shape index (κ2) is 13.7. The lowest BCUT2D eigenvalue weighted by molar-refractivity contribution is -0.139. The molecule has 214 valence electrons. The summed E-state index contributed by atoms with van der Waals surface area (Å²) in [5, 5.41) is 3.22. The van der Waals surface area contributed by atoms with E-state index in [1.807, 2.05) is 30.3 Å². The summed E-state index contributed by atoms with van der Waals surface area (Å²) in [5.74, 6) is -0.517. The van der Waals surface area contributed by atoms with E-state index in [-0.39, 0.29) is 24.4 Å². The number of hydrogen-bond acceptors (Lipinski definition) is 6. The average molecular weight is 609 g/mol. The van der Waals surface area contributed by atoms with Gasteiger partial charge in [0, 0.05) is 41.7 Å². The number of sulfonamides is 1. The van der Waals surface area contributed by atoms with E-state index in [2.05, 4.69) is 5.32 Å². The summed E-state index contributed by atoms with van der Waals surface area (Å²) in [6.45, 7) is -0.776. The van der Waals surface area contributed by atoms with Crippen LogP contribution in [0.3, 0.4) is 0 Å². The zero-order valence-electron chi connectivity index (χ0n) is 22.6. The number of nitrogens with one attached hydrogen (secondary N) is 1. The first kappa shape index (κ1) is 31.1. The molecular formula is C28H31Cl2N3O6S. The van der Waals surface area contributed by atoms with Crippen LogP contribution in [0.25, 0.3) is 0 Å². The summed E-state index contributed by atoms with van der Waals surface area (Å²) in [6.07, 6.45) is 1.14. The minimum atomic E-state index is -4.01. The number of halogens is 2. The van der Waals surface area contributed by atoms with Crippen LogP contribution >= 0.6 is 23.2 Å². The van der Waals surface area contributed by atoms with Crippen LogP contribution in [0.5, 0.6) is 11.5 Å². The maximum absolute atomic E-state index is 14.1. The summed E-state index contributed by atoms with van der Waals surface area (Å²) in [4.78, 5) is 28.6. The third-order valence-corrected chi connectivity index (χ3v) is 8.08. The monoisotopic (exact) mass is 607 g/mol. The Bertz CT molecular complexity index is 1430. The zero-order chi connectivity index (χ0) is 29.4. The van der Waals surface area contributed by atoms with Gasteiger partial charge in [0.2, 0.25) is 21.8 Å². The Kier molecular flexibility index (Phi) is 10.7. The molecule has 2 amide bonds. The number of likely N-dealkylation sites (N-methyl/N-ethyl adjacent to an activating group) is 1. The normalized spacial score (nSPS) is 11.8. The quantitative estimate of drug-likeness (QED) is 0.331. The molecule has 0 saturated carbocycles. The maximum Gasteiger partial charge on any atom is 0.244 e. The first-order chi connectivity index (χ1) is 19.0. The van der Waals surface area contributed by atoms with Crippen LogP contribution in [-0.2, 0) is 32.6 Å². The molecule has 3 rings (SSSR count). The van der Waals surface area contributed by atoms with E-state index in [1.165, 1.54) is 32.2 Å². The van der Waals surface area contributed by atoms with Crippen molar-refractivity contribution >= 4 is 50.7 Å². The minimum absolute atomic E-state index is 0.105. The third-order valence-electron chi connectivity index (χ3n) is 6.24. The van der Waals surface area contributed by atoms with Gasteiger partial charge in [-0.25, -0.2) is 8.42 Å². The van der Waals surface area contributed by atoms with Crippen molar-refractivity contribution in [2.45, 2.75) is 19.0 Å². The van der Waals surface area contributed by atoms with E-state index < -0.39 is 34.4 Å². The van der Waals surface area contributed by atoms with Crippen LogP contribution in [-0.4, -0.2) is 65.2 Å². The highest BCUT2D eigenvalue weighted by Gasteiger charge is 2.34. The SMILES string of the molecule is CNC(=O)[C@H](Cc1ccccc1)N(Cc1c(Cl)cccc1Cl)C(=O)CN(c1cc(OC)ccc1OC)S(C)(=O)=O. The standard InChI is InChI=1S/C28H31Cl2N3O6S/c1-31-28(35)25(15-19-9-6-5-7-10-19)32(17-21-22(29)11-8-12-23(21)30)27(34)18-33(40(4,36)37)24-16-20(38-2)13-14-26(24)39-3/h5-14,16,25H,15,17-18H2,1-4H3,(H,31,35)/t25-/m0/s1. The molecule has 0 unspecified atom stereocenters. The van der Waals surface area contributed by atoms with Crippen molar-refractivity contribution in [3.63, 3.8) is 0 Å². The van der Waals surface area contributed by atoms with Gasteiger partial charge in [0.25, 0.3) is 0 Å². The summed E-state index contributed by atoms with van der Waals surface area (Å²) < 4.78 is 37.6. The highest BCUT2D eigenvalue weighted by molar-refractivity contribution is 7.92. The van der Waals surface area contributed by atoms with Gasteiger partial charge in [-0.2, -0.15) is 0 Å². The molecule has 1 atom stereocenters. The molecule has 0 aliphatic carbocycles. The summed E-state index contributed by atoms with van der Waals surface area (Å²) in [6, 6.07) is 17.7. The summed E-state index contributed by atoms with van der Waals surface area (Å²) in [5.41, 5.74) is 1.33. The molecule has 0 aliphatic rings. The van der Waals surface area contributed by atoms with Crippen LogP contribution in [0.2, 0.25) is 10.0 Å². The Hall–Kier alpha value is -3.47. The van der Waals surface area contributed by atoms with E-state index in [0.29, 0.717) is 21.4 Å². The average Bonchev–Trinajstić information content (AvgIpc) is 2.94.